The number of pyridine rings is 1. The monoisotopic (exact) mass is 301 g/mol. The smallest absolute Gasteiger partial charge is 0.263 e. The van der Waals surface area contributed by atoms with Crippen molar-refractivity contribution < 1.29 is 9.90 Å². The lowest BCUT2D eigenvalue weighted by atomic mass is 10.1. The molecular weight excluding hydrogens is 286 g/mol. The fraction of sp³-hybridized carbons (Fsp3) is 0.200. The maximum Gasteiger partial charge on any atom is 0.263 e. The van der Waals surface area contributed by atoms with E-state index < -0.39 is 0 Å². The van der Waals surface area contributed by atoms with Crippen molar-refractivity contribution in [2.45, 2.75) is 13.0 Å². The number of hydrogen-bond acceptors (Lipinski definition) is 5. The highest BCUT2D eigenvalue weighted by molar-refractivity contribution is 7.21. The Morgan fingerprint density at radius 2 is 2.24 bits per heavy atom. The maximum atomic E-state index is 12.2. The summed E-state index contributed by atoms with van der Waals surface area (Å²) >= 11 is 1.27. The molecule has 0 fully saturated rings. The highest BCUT2D eigenvalue weighted by atomic mass is 32.1. The van der Waals surface area contributed by atoms with Gasteiger partial charge in [0.15, 0.2) is 0 Å². The number of nitrogens with zero attached hydrogens (tertiary/aromatic N) is 1. The molecule has 1 atom stereocenters. The fourth-order valence-electron chi connectivity index (χ4n) is 2.15. The van der Waals surface area contributed by atoms with Crippen LogP contribution in [0.25, 0.3) is 21.1 Å². The molecule has 0 aliphatic heterocycles. The average molecular weight is 301 g/mol. The summed E-state index contributed by atoms with van der Waals surface area (Å²) in [5.41, 5.74) is 7.41. The van der Waals surface area contributed by atoms with E-state index in [-0.39, 0.29) is 18.6 Å². The third-order valence-corrected chi connectivity index (χ3v) is 4.39. The first-order valence-corrected chi connectivity index (χ1v) is 7.41. The van der Waals surface area contributed by atoms with E-state index in [9.17, 15) is 4.79 Å². The van der Waals surface area contributed by atoms with Gasteiger partial charge in [-0.15, -0.1) is 11.3 Å². The number of anilines is 1. The zero-order chi connectivity index (χ0) is 15.0. The van der Waals surface area contributed by atoms with E-state index >= 15 is 0 Å². The second-order valence-corrected chi connectivity index (χ2v) is 5.93. The van der Waals surface area contributed by atoms with Crippen molar-refractivity contribution in [3.8, 4) is 0 Å². The van der Waals surface area contributed by atoms with Crippen LogP contribution in [0.15, 0.2) is 30.3 Å². The summed E-state index contributed by atoms with van der Waals surface area (Å²) in [5, 5.41) is 13.5. The molecule has 5 nitrogen and oxygen atoms in total. The van der Waals surface area contributed by atoms with E-state index in [4.69, 9.17) is 10.8 Å². The molecule has 0 aliphatic carbocycles. The fourth-order valence-corrected chi connectivity index (χ4v) is 3.13. The number of carbonyl (C=O) groups is 1. The summed E-state index contributed by atoms with van der Waals surface area (Å²) in [4.78, 5) is 17.9. The van der Waals surface area contributed by atoms with Crippen LogP contribution in [0, 0.1) is 0 Å². The van der Waals surface area contributed by atoms with Crippen LogP contribution in [0.5, 0.6) is 0 Å². The number of aliphatic hydroxyl groups excluding tert-OH is 1. The number of nitrogens with one attached hydrogen (secondary N) is 1. The SMILES string of the molecule is CC(CO)NC(=O)c1sc2nc3ccccc3cc2c1N. The van der Waals surface area contributed by atoms with Crippen molar-refractivity contribution in [1.82, 2.24) is 10.3 Å². The van der Waals surface area contributed by atoms with Crippen molar-refractivity contribution in [3.63, 3.8) is 0 Å². The normalized spacial score (nSPS) is 12.7. The van der Waals surface area contributed by atoms with Gasteiger partial charge in [-0.05, 0) is 19.1 Å². The third kappa shape index (κ3) is 2.43. The van der Waals surface area contributed by atoms with Crippen LogP contribution < -0.4 is 11.1 Å². The van der Waals surface area contributed by atoms with Crippen LogP contribution in [-0.4, -0.2) is 28.6 Å². The molecule has 1 aromatic carbocycles. The molecule has 0 spiro atoms. The molecule has 4 N–H and O–H groups in total. The number of nitrogens with two attached hydrogens (primary N) is 1. The topological polar surface area (TPSA) is 88.2 Å². The Morgan fingerprint density at radius 1 is 1.48 bits per heavy atom. The molecule has 0 bridgehead atoms. The summed E-state index contributed by atoms with van der Waals surface area (Å²) in [6.45, 7) is 1.62. The third-order valence-electron chi connectivity index (χ3n) is 3.28. The molecule has 1 amide bonds. The van der Waals surface area contributed by atoms with Crippen LogP contribution in [0.4, 0.5) is 5.69 Å². The number of rotatable bonds is 3. The van der Waals surface area contributed by atoms with Gasteiger partial charge in [-0.3, -0.25) is 4.79 Å². The highest BCUT2D eigenvalue weighted by Crippen LogP contribution is 2.34. The molecule has 0 aliphatic rings. The van der Waals surface area contributed by atoms with Gasteiger partial charge in [0.2, 0.25) is 0 Å². The lowest BCUT2D eigenvalue weighted by molar-refractivity contribution is 0.0927. The first-order chi connectivity index (χ1) is 10.1. The Hall–Kier alpha value is -2.18. The molecular formula is C15H15N3O2S. The number of amides is 1. The van der Waals surface area contributed by atoms with E-state index in [2.05, 4.69) is 10.3 Å². The van der Waals surface area contributed by atoms with Crippen molar-refractivity contribution in [1.29, 1.82) is 0 Å². The first kappa shape index (κ1) is 13.8. The van der Waals surface area contributed by atoms with Gasteiger partial charge in [-0.2, -0.15) is 0 Å². The second-order valence-electron chi connectivity index (χ2n) is 4.94. The van der Waals surface area contributed by atoms with E-state index in [1.807, 2.05) is 30.3 Å². The number of benzene rings is 1. The summed E-state index contributed by atoms with van der Waals surface area (Å²) < 4.78 is 0. The van der Waals surface area contributed by atoms with E-state index in [0.29, 0.717) is 10.6 Å². The van der Waals surface area contributed by atoms with Gasteiger partial charge >= 0.3 is 0 Å². The minimum atomic E-state index is -0.311. The molecule has 6 heteroatoms. The van der Waals surface area contributed by atoms with Gasteiger partial charge < -0.3 is 16.2 Å². The molecule has 108 valence electrons. The molecule has 0 saturated heterocycles. The number of fused-ring (bicyclic) bond motifs is 2. The van der Waals surface area contributed by atoms with Crippen molar-refractivity contribution in [2.75, 3.05) is 12.3 Å². The van der Waals surface area contributed by atoms with E-state index in [1.54, 1.807) is 6.92 Å². The minimum absolute atomic E-state index is 0.112. The molecule has 0 radical (unpaired) electrons. The molecule has 3 rings (SSSR count). The van der Waals surface area contributed by atoms with Crippen LogP contribution >= 0.6 is 11.3 Å². The van der Waals surface area contributed by atoms with Crippen LogP contribution in [0.2, 0.25) is 0 Å². The van der Waals surface area contributed by atoms with Crippen LogP contribution in [0.1, 0.15) is 16.6 Å². The standard InChI is InChI=1S/C15H15N3O2S/c1-8(7-19)17-14(20)13-12(16)10-6-9-4-2-3-5-11(9)18-15(10)21-13/h2-6,8,19H,7,16H2,1H3,(H,17,20). The molecule has 1 unspecified atom stereocenters. The van der Waals surface area contributed by atoms with Gasteiger partial charge in [0.05, 0.1) is 17.8 Å². The number of carbonyl (C=O) groups excluding carboxylic acids is 1. The highest BCUT2D eigenvalue weighted by Gasteiger charge is 2.18. The largest absolute Gasteiger partial charge is 0.397 e. The molecule has 21 heavy (non-hydrogen) atoms. The number of thiophene rings is 1. The number of hydrogen-bond donors (Lipinski definition) is 3. The predicted octanol–water partition coefficient (Wildman–Crippen LogP) is 2.14. The van der Waals surface area contributed by atoms with Gasteiger partial charge in [0.1, 0.15) is 9.71 Å². The summed E-state index contributed by atoms with van der Waals surface area (Å²) in [7, 11) is 0. The minimum Gasteiger partial charge on any atom is -0.397 e. The first-order valence-electron chi connectivity index (χ1n) is 6.59. The van der Waals surface area contributed by atoms with Gasteiger partial charge in [0.25, 0.3) is 5.91 Å². The van der Waals surface area contributed by atoms with Gasteiger partial charge in [-0.25, -0.2) is 4.98 Å². The summed E-state index contributed by atoms with van der Waals surface area (Å²) in [6, 6.07) is 9.40. The second kappa shape index (κ2) is 5.31. The Labute approximate surface area is 125 Å². The van der Waals surface area contributed by atoms with Crippen LogP contribution in [-0.2, 0) is 0 Å². The zero-order valence-corrected chi connectivity index (χ0v) is 12.3. The van der Waals surface area contributed by atoms with Gasteiger partial charge in [0, 0.05) is 16.8 Å². The summed E-state index contributed by atoms with van der Waals surface area (Å²) in [6.07, 6.45) is 0. The predicted molar refractivity (Wildman–Crippen MR) is 85.6 cm³/mol. The van der Waals surface area contributed by atoms with E-state index in [0.717, 1.165) is 21.1 Å². The Kier molecular flexibility index (Phi) is 3.48. The lowest BCUT2D eigenvalue weighted by Crippen LogP contribution is -2.34. The average Bonchev–Trinajstić information content (AvgIpc) is 2.81. The Morgan fingerprint density at radius 3 is 3.00 bits per heavy atom. The molecule has 0 saturated carbocycles. The van der Waals surface area contributed by atoms with Crippen molar-refractivity contribution >= 4 is 44.1 Å². The number of para-hydroxylation sites is 1. The van der Waals surface area contributed by atoms with Crippen LogP contribution in [0.3, 0.4) is 0 Å². The van der Waals surface area contributed by atoms with E-state index in [1.165, 1.54) is 11.3 Å². The molecule has 2 aromatic heterocycles. The number of aliphatic hydroxyl groups is 1. The molecule has 2 heterocycles. The lowest BCUT2D eigenvalue weighted by Gasteiger charge is -2.09. The maximum absolute atomic E-state index is 12.2. The Balaban J connectivity index is 2.10. The molecule has 3 aromatic rings. The quantitative estimate of drug-likeness (QED) is 0.691. The number of aromatic nitrogens is 1. The van der Waals surface area contributed by atoms with Crippen molar-refractivity contribution in [3.05, 3.63) is 35.2 Å². The summed E-state index contributed by atoms with van der Waals surface area (Å²) in [5.74, 6) is -0.277. The number of nitrogen functional groups attached to an aromatic ring is 1. The van der Waals surface area contributed by atoms with Crippen molar-refractivity contribution in [2.24, 2.45) is 0 Å². The Bertz CT molecular complexity index is 828. The van der Waals surface area contributed by atoms with Gasteiger partial charge in [-0.1, -0.05) is 18.2 Å². The zero-order valence-electron chi connectivity index (χ0n) is 11.5.